The van der Waals surface area contributed by atoms with Gasteiger partial charge in [-0.2, -0.15) is 0 Å². The van der Waals surface area contributed by atoms with Crippen molar-refractivity contribution in [3.05, 3.63) is 29.8 Å². The number of rotatable bonds is 2. The maximum absolute atomic E-state index is 9.85. The molecular weight excluding hydrogens is 164 g/mol. The van der Waals surface area contributed by atoms with Crippen LogP contribution in [0.4, 0.5) is 0 Å². The van der Waals surface area contributed by atoms with Crippen LogP contribution in [-0.4, -0.2) is 11.2 Å². The number of fused-ring (bicyclic) bond motifs is 1. The summed E-state index contributed by atoms with van der Waals surface area (Å²) in [5, 5.41) is 9.85. The molecule has 1 aliphatic heterocycles. The molecule has 0 fully saturated rings. The molecule has 0 saturated heterocycles. The minimum absolute atomic E-state index is 0.0394. The molecule has 1 aliphatic rings. The van der Waals surface area contributed by atoms with Gasteiger partial charge in [0.15, 0.2) is 0 Å². The predicted molar refractivity (Wildman–Crippen MR) is 50.7 cm³/mol. The monoisotopic (exact) mass is 178 g/mol. The van der Waals surface area contributed by atoms with Crippen LogP contribution in [-0.2, 0) is 0 Å². The van der Waals surface area contributed by atoms with Gasteiger partial charge < -0.3 is 9.84 Å². The van der Waals surface area contributed by atoms with E-state index in [-0.39, 0.29) is 6.10 Å². The van der Waals surface area contributed by atoms with E-state index in [2.05, 4.69) is 6.92 Å². The maximum atomic E-state index is 9.85. The molecule has 2 atom stereocenters. The van der Waals surface area contributed by atoms with Gasteiger partial charge in [-0.1, -0.05) is 31.5 Å². The van der Waals surface area contributed by atoms with Crippen molar-refractivity contribution < 1.29 is 9.84 Å². The van der Waals surface area contributed by atoms with E-state index in [9.17, 15) is 5.11 Å². The SMILES string of the molecule is CCCC1Oc2ccccc2C1O. The number of ether oxygens (including phenoxy) is 1. The predicted octanol–water partition coefficient (Wildman–Crippen LogP) is 2.28. The summed E-state index contributed by atoms with van der Waals surface area (Å²) in [6.45, 7) is 2.10. The van der Waals surface area contributed by atoms with Gasteiger partial charge in [-0.15, -0.1) is 0 Å². The van der Waals surface area contributed by atoms with Crippen LogP contribution in [0.25, 0.3) is 0 Å². The average molecular weight is 178 g/mol. The first-order chi connectivity index (χ1) is 6.33. The fourth-order valence-corrected chi connectivity index (χ4v) is 1.76. The number of aliphatic hydroxyl groups excluding tert-OH is 1. The minimum Gasteiger partial charge on any atom is -0.487 e. The van der Waals surface area contributed by atoms with Gasteiger partial charge in [-0.3, -0.25) is 0 Å². The van der Waals surface area contributed by atoms with Gasteiger partial charge in [0.05, 0.1) is 0 Å². The second-order valence-corrected chi connectivity index (χ2v) is 3.43. The molecular formula is C11H14O2. The Morgan fingerprint density at radius 1 is 1.38 bits per heavy atom. The molecule has 2 nitrogen and oxygen atoms in total. The Hall–Kier alpha value is -1.02. The van der Waals surface area contributed by atoms with E-state index in [0.717, 1.165) is 24.2 Å². The Labute approximate surface area is 78.2 Å². The molecule has 0 aromatic heterocycles. The van der Waals surface area contributed by atoms with E-state index in [4.69, 9.17) is 4.74 Å². The Morgan fingerprint density at radius 2 is 2.15 bits per heavy atom. The molecule has 0 bridgehead atoms. The minimum atomic E-state index is -0.434. The third kappa shape index (κ3) is 1.42. The van der Waals surface area contributed by atoms with E-state index >= 15 is 0 Å². The number of aliphatic hydroxyl groups is 1. The van der Waals surface area contributed by atoms with Crippen molar-refractivity contribution in [1.82, 2.24) is 0 Å². The molecule has 2 rings (SSSR count). The van der Waals surface area contributed by atoms with Crippen LogP contribution >= 0.6 is 0 Å². The lowest BCUT2D eigenvalue weighted by atomic mass is 10.0. The molecule has 0 saturated carbocycles. The van der Waals surface area contributed by atoms with Gasteiger partial charge in [-0.05, 0) is 12.5 Å². The summed E-state index contributed by atoms with van der Waals surface area (Å²) < 4.78 is 5.61. The highest BCUT2D eigenvalue weighted by Gasteiger charge is 2.31. The van der Waals surface area contributed by atoms with Crippen LogP contribution in [0.15, 0.2) is 24.3 Å². The molecule has 1 N–H and O–H groups in total. The molecule has 1 aromatic rings. The number of para-hydroxylation sites is 1. The summed E-state index contributed by atoms with van der Waals surface area (Å²) in [4.78, 5) is 0. The molecule has 0 aliphatic carbocycles. The highest BCUT2D eigenvalue weighted by atomic mass is 16.5. The van der Waals surface area contributed by atoms with E-state index in [1.165, 1.54) is 0 Å². The van der Waals surface area contributed by atoms with Gasteiger partial charge in [0.25, 0.3) is 0 Å². The van der Waals surface area contributed by atoms with Crippen molar-refractivity contribution >= 4 is 0 Å². The molecule has 1 aromatic carbocycles. The number of hydrogen-bond donors (Lipinski definition) is 1. The van der Waals surface area contributed by atoms with Crippen molar-refractivity contribution in [3.8, 4) is 5.75 Å². The maximum Gasteiger partial charge on any atom is 0.129 e. The first-order valence-corrected chi connectivity index (χ1v) is 4.76. The van der Waals surface area contributed by atoms with Gasteiger partial charge in [-0.25, -0.2) is 0 Å². The molecule has 0 spiro atoms. The van der Waals surface area contributed by atoms with E-state index < -0.39 is 6.10 Å². The molecule has 13 heavy (non-hydrogen) atoms. The summed E-state index contributed by atoms with van der Waals surface area (Å²) in [6, 6.07) is 7.70. The fourth-order valence-electron chi connectivity index (χ4n) is 1.76. The molecule has 2 unspecified atom stereocenters. The van der Waals surface area contributed by atoms with E-state index in [1.54, 1.807) is 0 Å². The van der Waals surface area contributed by atoms with Crippen molar-refractivity contribution in [2.45, 2.75) is 32.0 Å². The summed E-state index contributed by atoms with van der Waals surface area (Å²) in [5.74, 6) is 0.841. The Balaban J connectivity index is 2.22. The average Bonchev–Trinajstić information content (AvgIpc) is 2.46. The van der Waals surface area contributed by atoms with Gasteiger partial charge in [0, 0.05) is 5.56 Å². The quantitative estimate of drug-likeness (QED) is 0.752. The molecule has 70 valence electrons. The van der Waals surface area contributed by atoms with Gasteiger partial charge in [0.2, 0.25) is 0 Å². The number of hydrogen-bond acceptors (Lipinski definition) is 2. The molecule has 1 heterocycles. The third-order valence-electron chi connectivity index (χ3n) is 2.44. The van der Waals surface area contributed by atoms with Gasteiger partial charge >= 0.3 is 0 Å². The van der Waals surface area contributed by atoms with Crippen LogP contribution in [0.3, 0.4) is 0 Å². The first kappa shape index (κ1) is 8.57. The van der Waals surface area contributed by atoms with Gasteiger partial charge in [0.1, 0.15) is 18.0 Å². The second kappa shape index (κ2) is 3.38. The summed E-state index contributed by atoms with van der Waals surface area (Å²) in [5.41, 5.74) is 0.931. The summed E-state index contributed by atoms with van der Waals surface area (Å²) in [6.07, 6.45) is 1.48. The normalized spacial score (nSPS) is 25.4. The van der Waals surface area contributed by atoms with Crippen LogP contribution < -0.4 is 4.74 Å². The zero-order chi connectivity index (χ0) is 9.26. The summed E-state index contributed by atoms with van der Waals surface area (Å²) in [7, 11) is 0. The highest BCUT2D eigenvalue weighted by molar-refractivity contribution is 5.39. The zero-order valence-electron chi connectivity index (χ0n) is 7.73. The Kier molecular flexibility index (Phi) is 2.23. The van der Waals surface area contributed by atoms with Crippen LogP contribution in [0, 0.1) is 0 Å². The molecule has 2 heteroatoms. The zero-order valence-corrected chi connectivity index (χ0v) is 7.73. The van der Waals surface area contributed by atoms with Crippen molar-refractivity contribution in [2.75, 3.05) is 0 Å². The van der Waals surface area contributed by atoms with E-state index in [1.807, 2.05) is 24.3 Å². The standard InChI is InChI=1S/C11H14O2/c1-2-5-10-11(12)8-6-3-4-7-9(8)13-10/h3-4,6-7,10-12H,2,5H2,1H3. The first-order valence-electron chi connectivity index (χ1n) is 4.76. The lowest BCUT2D eigenvalue weighted by molar-refractivity contribution is 0.0616. The Bertz CT molecular complexity index is 296. The van der Waals surface area contributed by atoms with Crippen LogP contribution in [0.5, 0.6) is 5.75 Å². The van der Waals surface area contributed by atoms with Crippen LogP contribution in [0.2, 0.25) is 0 Å². The summed E-state index contributed by atoms with van der Waals surface area (Å²) >= 11 is 0. The number of benzene rings is 1. The van der Waals surface area contributed by atoms with Crippen molar-refractivity contribution in [2.24, 2.45) is 0 Å². The Morgan fingerprint density at radius 3 is 2.85 bits per heavy atom. The molecule has 0 radical (unpaired) electrons. The highest BCUT2D eigenvalue weighted by Crippen LogP contribution is 2.37. The lowest BCUT2D eigenvalue weighted by Gasteiger charge is -2.12. The van der Waals surface area contributed by atoms with Crippen molar-refractivity contribution in [3.63, 3.8) is 0 Å². The van der Waals surface area contributed by atoms with Crippen molar-refractivity contribution in [1.29, 1.82) is 0 Å². The van der Waals surface area contributed by atoms with E-state index in [0.29, 0.717) is 0 Å². The smallest absolute Gasteiger partial charge is 0.129 e. The van der Waals surface area contributed by atoms with Crippen LogP contribution in [0.1, 0.15) is 31.4 Å². The second-order valence-electron chi connectivity index (χ2n) is 3.43. The molecule has 0 amide bonds. The fraction of sp³-hybridized carbons (Fsp3) is 0.455. The largest absolute Gasteiger partial charge is 0.487 e. The third-order valence-corrected chi connectivity index (χ3v) is 2.44. The topological polar surface area (TPSA) is 29.5 Å². The lowest BCUT2D eigenvalue weighted by Crippen LogP contribution is -2.17.